The number of nitrogen functional groups attached to an aromatic ring is 1. The molecule has 4 N–H and O–H groups in total. The van der Waals surface area contributed by atoms with Gasteiger partial charge in [0.25, 0.3) is 0 Å². The molecular formula is C13H24N4O. The number of hydrogen-bond donors (Lipinski definition) is 3. The van der Waals surface area contributed by atoms with E-state index in [1.165, 1.54) is 6.42 Å². The van der Waals surface area contributed by atoms with Crippen molar-refractivity contribution >= 4 is 11.5 Å². The molecule has 2 unspecified atom stereocenters. The summed E-state index contributed by atoms with van der Waals surface area (Å²) in [5, 5.41) is 17.9. The Morgan fingerprint density at radius 1 is 1.39 bits per heavy atom. The lowest BCUT2D eigenvalue weighted by Crippen LogP contribution is -2.33. The van der Waals surface area contributed by atoms with Crippen molar-refractivity contribution in [3.05, 3.63) is 5.69 Å². The van der Waals surface area contributed by atoms with Crippen molar-refractivity contribution in [2.45, 2.75) is 57.6 Å². The van der Waals surface area contributed by atoms with Gasteiger partial charge in [-0.1, -0.05) is 26.2 Å². The van der Waals surface area contributed by atoms with E-state index in [0.29, 0.717) is 0 Å². The molecule has 1 saturated carbocycles. The molecule has 0 bridgehead atoms. The first-order valence-corrected chi connectivity index (χ1v) is 6.89. The van der Waals surface area contributed by atoms with Gasteiger partial charge in [0, 0.05) is 7.05 Å². The van der Waals surface area contributed by atoms with E-state index in [9.17, 15) is 5.11 Å². The number of nitrogens with zero attached hydrogens (tertiary/aromatic N) is 2. The van der Waals surface area contributed by atoms with E-state index < -0.39 is 0 Å². The summed E-state index contributed by atoms with van der Waals surface area (Å²) in [6, 6.07) is 0.0925. The Morgan fingerprint density at radius 2 is 2.11 bits per heavy atom. The molecule has 0 amide bonds. The van der Waals surface area contributed by atoms with Gasteiger partial charge in [-0.25, -0.2) is 0 Å². The summed E-state index contributed by atoms with van der Waals surface area (Å²) in [6.07, 6.45) is 5.88. The van der Waals surface area contributed by atoms with Gasteiger partial charge in [-0.3, -0.25) is 4.68 Å². The zero-order valence-corrected chi connectivity index (χ0v) is 11.3. The second kappa shape index (κ2) is 5.61. The normalized spacial score (nSPS) is 24.8. The zero-order chi connectivity index (χ0) is 13.1. The first kappa shape index (κ1) is 13.2. The fourth-order valence-corrected chi connectivity index (χ4v) is 2.66. The average molecular weight is 252 g/mol. The van der Waals surface area contributed by atoms with Crippen LogP contribution in [0.2, 0.25) is 0 Å². The van der Waals surface area contributed by atoms with Crippen molar-refractivity contribution in [2.75, 3.05) is 11.1 Å². The molecule has 1 aliphatic carbocycles. The molecule has 1 aromatic rings. The van der Waals surface area contributed by atoms with E-state index >= 15 is 0 Å². The van der Waals surface area contributed by atoms with E-state index in [2.05, 4.69) is 10.4 Å². The maximum atomic E-state index is 10.1. The summed E-state index contributed by atoms with van der Waals surface area (Å²) >= 11 is 0. The summed E-state index contributed by atoms with van der Waals surface area (Å²) in [6.45, 7) is 2.04. The van der Waals surface area contributed by atoms with Crippen molar-refractivity contribution in [3.63, 3.8) is 0 Å². The van der Waals surface area contributed by atoms with Gasteiger partial charge >= 0.3 is 0 Å². The van der Waals surface area contributed by atoms with Crippen molar-refractivity contribution < 1.29 is 5.11 Å². The Labute approximate surface area is 108 Å². The lowest BCUT2D eigenvalue weighted by atomic mass is 10.1. The van der Waals surface area contributed by atoms with E-state index in [1.807, 2.05) is 14.0 Å². The largest absolute Gasteiger partial charge is 0.394 e. The van der Waals surface area contributed by atoms with Crippen LogP contribution in [-0.2, 0) is 13.5 Å². The van der Waals surface area contributed by atoms with Crippen LogP contribution in [0.4, 0.5) is 11.5 Å². The molecule has 2 rings (SSSR count). The van der Waals surface area contributed by atoms with Crippen LogP contribution in [0.15, 0.2) is 0 Å². The lowest BCUT2D eigenvalue weighted by molar-refractivity contribution is 0.144. The number of hydrogen-bond acceptors (Lipinski definition) is 4. The van der Waals surface area contributed by atoms with Gasteiger partial charge in [-0.15, -0.1) is 0 Å². The lowest BCUT2D eigenvalue weighted by Gasteiger charge is -2.23. The first-order chi connectivity index (χ1) is 8.63. The number of aliphatic hydroxyl groups is 1. The van der Waals surface area contributed by atoms with Crippen molar-refractivity contribution in [1.82, 2.24) is 9.78 Å². The number of anilines is 2. The van der Waals surface area contributed by atoms with Gasteiger partial charge in [-0.05, 0) is 19.3 Å². The smallest absolute Gasteiger partial charge is 0.148 e. The van der Waals surface area contributed by atoms with Gasteiger partial charge in [0.2, 0.25) is 0 Å². The van der Waals surface area contributed by atoms with E-state index in [1.54, 1.807) is 4.68 Å². The van der Waals surface area contributed by atoms with Crippen LogP contribution in [0, 0.1) is 0 Å². The molecule has 0 aliphatic heterocycles. The predicted octanol–water partition coefficient (Wildman–Crippen LogP) is 1.67. The minimum atomic E-state index is -0.285. The number of aliphatic hydroxyl groups excluding tert-OH is 1. The van der Waals surface area contributed by atoms with E-state index in [-0.39, 0.29) is 12.1 Å². The van der Waals surface area contributed by atoms with Crippen LogP contribution in [0.25, 0.3) is 0 Å². The molecule has 1 aromatic heterocycles. The highest BCUT2D eigenvalue weighted by Gasteiger charge is 2.24. The van der Waals surface area contributed by atoms with Gasteiger partial charge in [0.05, 0.1) is 23.5 Å². The van der Waals surface area contributed by atoms with Crippen LogP contribution < -0.4 is 11.1 Å². The predicted molar refractivity (Wildman–Crippen MR) is 73.5 cm³/mol. The Hall–Kier alpha value is -1.23. The standard InChI is InChI=1S/C13H24N4O/c1-3-9-12(14)13(17(2)16-9)15-10-7-5-4-6-8-11(10)18/h10-11,15,18H,3-8,14H2,1-2H3. The highest BCUT2D eigenvalue weighted by molar-refractivity contribution is 5.65. The number of rotatable bonds is 3. The Balaban J connectivity index is 2.14. The first-order valence-electron chi connectivity index (χ1n) is 6.89. The molecule has 0 radical (unpaired) electrons. The summed E-state index contributed by atoms with van der Waals surface area (Å²) in [7, 11) is 1.89. The highest BCUT2D eigenvalue weighted by atomic mass is 16.3. The van der Waals surface area contributed by atoms with Crippen LogP contribution in [0.3, 0.4) is 0 Å². The quantitative estimate of drug-likeness (QED) is 0.715. The maximum absolute atomic E-state index is 10.1. The molecule has 18 heavy (non-hydrogen) atoms. The minimum Gasteiger partial charge on any atom is -0.394 e. The van der Waals surface area contributed by atoms with Crippen molar-refractivity contribution in [3.8, 4) is 0 Å². The van der Waals surface area contributed by atoms with Crippen LogP contribution in [0.5, 0.6) is 0 Å². The molecule has 2 atom stereocenters. The molecule has 0 aromatic carbocycles. The number of nitrogens with two attached hydrogens (primary N) is 1. The fraction of sp³-hybridized carbons (Fsp3) is 0.769. The van der Waals surface area contributed by atoms with Gasteiger partial charge in [0.15, 0.2) is 0 Å². The number of nitrogens with one attached hydrogen (secondary N) is 1. The minimum absolute atomic E-state index is 0.0925. The van der Waals surface area contributed by atoms with Gasteiger partial charge in [-0.2, -0.15) is 5.10 Å². The molecule has 1 fully saturated rings. The molecule has 1 aliphatic rings. The molecule has 5 heteroatoms. The number of aromatic nitrogens is 2. The number of aryl methyl sites for hydroxylation is 2. The average Bonchev–Trinajstić information content (AvgIpc) is 2.52. The van der Waals surface area contributed by atoms with E-state index in [4.69, 9.17) is 5.73 Å². The molecule has 0 spiro atoms. The molecule has 0 saturated heterocycles. The van der Waals surface area contributed by atoms with Crippen molar-refractivity contribution in [1.29, 1.82) is 0 Å². The maximum Gasteiger partial charge on any atom is 0.148 e. The third kappa shape index (κ3) is 2.61. The highest BCUT2D eigenvalue weighted by Crippen LogP contribution is 2.27. The zero-order valence-electron chi connectivity index (χ0n) is 11.3. The molecule has 102 valence electrons. The monoisotopic (exact) mass is 252 g/mol. The summed E-state index contributed by atoms with van der Waals surface area (Å²) < 4.78 is 1.78. The Morgan fingerprint density at radius 3 is 2.78 bits per heavy atom. The Bertz CT molecular complexity index is 402. The van der Waals surface area contributed by atoms with Crippen LogP contribution in [0.1, 0.15) is 44.7 Å². The van der Waals surface area contributed by atoms with Crippen LogP contribution >= 0.6 is 0 Å². The fourth-order valence-electron chi connectivity index (χ4n) is 2.66. The second-order valence-corrected chi connectivity index (χ2v) is 5.14. The third-order valence-corrected chi connectivity index (χ3v) is 3.80. The van der Waals surface area contributed by atoms with Gasteiger partial charge in [0.1, 0.15) is 5.82 Å². The molecule has 5 nitrogen and oxygen atoms in total. The second-order valence-electron chi connectivity index (χ2n) is 5.14. The Kier molecular flexibility index (Phi) is 4.11. The summed E-state index contributed by atoms with van der Waals surface area (Å²) in [5.41, 5.74) is 7.73. The molecular weight excluding hydrogens is 228 g/mol. The van der Waals surface area contributed by atoms with Gasteiger partial charge < -0.3 is 16.2 Å². The molecule has 1 heterocycles. The van der Waals surface area contributed by atoms with E-state index in [0.717, 1.165) is 49.3 Å². The van der Waals surface area contributed by atoms with Crippen LogP contribution in [-0.4, -0.2) is 27.0 Å². The SMILES string of the molecule is CCc1nn(C)c(NC2CCCCCC2O)c1N. The van der Waals surface area contributed by atoms with Crippen molar-refractivity contribution in [2.24, 2.45) is 7.05 Å². The topological polar surface area (TPSA) is 76.1 Å². The summed E-state index contributed by atoms with van der Waals surface area (Å²) in [5.74, 6) is 0.845. The summed E-state index contributed by atoms with van der Waals surface area (Å²) in [4.78, 5) is 0. The third-order valence-electron chi connectivity index (χ3n) is 3.80.